The number of rotatable bonds is 2. The Morgan fingerprint density at radius 2 is 2.00 bits per heavy atom. The molecule has 1 saturated heterocycles. The number of hydrogen-bond donors (Lipinski definition) is 0. The lowest BCUT2D eigenvalue weighted by molar-refractivity contribution is 0.0277. The third-order valence-corrected chi connectivity index (χ3v) is 3.71. The summed E-state index contributed by atoms with van der Waals surface area (Å²) in [7, 11) is 0. The lowest BCUT2D eigenvalue weighted by Gasteiger charge is -2.09. The molecule has 0 aromatic carbocycles. The molecule has 3 heterocycles. The molecule has 0 saturated carbocycles. The molecule has 0 N–H and O–H groups in total. The first-order valence-corrected chi connectivity index (χ1v) is 6.70. The van der Waals surface area contributed by atoms with Gasteiger partial charge in [-0.25, -0.2) is 0 Å². The van der Waals surface area contributed by atoms with Crippen molar-refractivity contribution < 1.29 is 13.8 Å². The summed E-state index contributed by atoms with van der Waals surface area (Å²) in [5.41, 5.74) is 0.936. The molecule has 0 spiro atoms. The Morgan fingerprint density at radius 1 is 1.18 bits per heavy atom. The van der Waals surface area contributed by atoms with Crippen molar-refractivity contribution in [3.05, 3.63) is 32.9 Å². The third kappa shape index (κ3) is 2.19. The quantitative estimate of drug-likeness (QED) is 0.812. The van der Waals surface area contributed by atoms with E-state index in [0.29, 0.717) is 9.21 Å². The van der Waals surface area contributed by atoms with Crippen LogP contribution in [0.3, 0.4) is 0 Å². The first kappa shape index (κ1) is 11.4. The van der Waals surface area contributed by atoms with Gasteiger partial charge >= 0.3 is 0 Å². The van der Waals surface area contributed by atoms with Crippen LogP contribution in [0.15, 0.2) is 30.6 Å². The summed E-state index contributed by atoms with van der Waals surface area (Å²) in [6.45, 7) is 0. The van der Waals surface area contributed by atoms with E-state index in [2.05, 4.69) is 42.2 Å². The van der Waals surface area contributed by atoms with Gasteiger partial charge in [-0.05, 0) is 44.7 Å². The molecule has 1 fully saturated rings. The molecule has 90 valence electrons. The van der Waals surface area contributed by atoms with Gasteiger partial charge in [-0.2, -0.15) is 0 Å². The van der Waals surface area contributed by atoms with Gasteiger partial charge in [0.1, 0.15) is 17.0 Å². The van der Waals surface area contributed by atoms with E-state index in [1.165, 1.54) is 0 Å². The molecular weight excluding hydrogens is 356 g/mol. The van der Waals surface area contributed by atoms with E-state index >= 15 is 0 Å². The number of hydrogen-bond acceptors (Lipinski definition) is 5. The van der Waals surface area contributed by atoms with Crippen LogP contribution in [-0.2, 0) is 4.74 Å². The molecule has 17 heavy (non-hydrogen) atoms. The molecule has 0 aliphatic carbocycles. The molecule has 5 nitrogen and oxygen atoms in total. The Balaban J connectivity index is 1.76. The smallest absolute Gasteiger partial charge is 0.166 e. The van der Waals surface area contributed by atoms with Gasteiger partial charge in [0.2, 0.25) is 0 Å². The van der Waals surface area contributed by atoms with E-state index < -0.39 is 0 Å². The molecule has 2 aromatic rings. The Hall–Kier alpha value is -0.660. The third-order valence-electron chi connectivity index (χ3n) is 2.73. The van der Waals surface area contributed by atoms with E-state index in [0.717, 1.165) is 24.2 Å². The zero-order chi connectivity index (χ0) is 11.8. The minimum absolute atomic E-state index is 0.00972. The fourth-order valence-corrected chi connectivity index (χ4v) is 2.66. The Kier molecular flexibility index (Phi) is 3.06. The monoisotopic (exact) mass is 362 g/mol. The Bertz CT molecular complexity index is 525. The van der Waals surface area contributed by atoms with Crippen LogP contribution in [0.2, 0.25) is 0 Å². The highest BCUT2D eigenvalue weighted by atomic mass is 79.9. The molecule has 1 aliphatic heterocycles. The molecule has 1 aliphatic rings. The molecule has 0 bridgehead atoms. The summed E-state index contributed by atoms with van der Waals surface area (Å²) in [4.78, 5) is 0. The van der Waals surface area contributed by atoms with Crippen molar-refractivity contribution in [1.29, 1.82) is 0 Å². The Labute approximate surface area is 114 Å². The molecule has 2 aromatic heterocycles. The molecule has 0 amide bonds. The van der Waals surface area contributed by atoms with Crippen molar-refractivity contribution in [2.45, 2.75) is 25.0 Å². The van der Waals surface area contributed by atoms with Crippen LogP contribution in [-0.4, -0.2) is 10.3 Å². The van der Waals surface area contributed by atoms with Crippen LogP contribution in [0.1, 0.15) is 36.4 Å². The van der Waals surface area contributed by atoms with Gasteiger partial charge in [-0.3, -0.25) is 0 Å². The average Bonchev–Trinajstić information content (AvgIpc) is 2.97. The van der Waals surface area contributed by atoms with Crippen LogP contribution in [0, 0.1) is 0 Å². The highest BCUT2D eigenvalue weighted by Crippen LogP contribution is 2.42. The van der Waals surface area contributed by atoms with E-state index in [1.54, 1.807) is 6.26 Å². The lowest BCUT2D eigenvalue weighted by atomic mass is 10.1. The van der Waals surface area contributed by atoms with E-state index in [1.807, 2.05) is 6.07 Å². The van der Waals surface area contributed by atoms with Crippen molar-refractivity contribution in [2.24, 2.45) is 0 Å². The summed E-state index contributed by atoms with van der Waals surface area (Å²) in [5, 5.41) is 7.57. The normalized spacial score (nSPS) is 24.4. The predicted molar refractivity (Wildman–Crippen MR) is 64.2 cm³/mol. The number of aromatic nitrogens is 2. The maximum absolute atomic E-state index is 5.90. The Morgan fingerprint density at radius 3 is 2.65 bits per heavy atom. The molecule has 2 atom stereocenters. The van der Waals surface area contributed by atoms with Gasteiger partial charge < -0.3 is 13.8 Å². The van der Waals surface area contributed by atoms with Crippen LogP contribution in [0.5, 0.6) is 0 Å². The van der Waals surface area contributed by atoms with E-state index in [9.17, 15) is 0 Å². The van der Waals surface area contributed by atoms with Crippen molar-refractivity contribution in [3.8, 4) is 0 Å². The maximum atomic E-state index is 5.90. The standard InChI is InChI=1S/C10H8Br2N2O3/c11-9-3-8(17-13-9)7-2-1-6(16-7)5-4-15-14-10(5)12/h3-4,6-7H,1-2H2/t6-,7+/m0/s1. The fraction of sp³-hybridized carbons (Fsp3) is 0.400. The fourth-order valence-electron chi connectivity index (χ4n) is 1.93. The van der Waals surface area contributed by atoms with E-state index in [-0.39, 0.29) is 12.2 Å². The second kappa shape index (κ2) is 4.55. The van der Waals surface area contributed by atoms with Crippen molar-refractivity contribution in [1.82, 2.24) is 10.3 Å². The summed E-state index contributed by atoms with van der Waals surface area (Å²) in [6, 6.07) is 1.83. The second-order valence-electron chi connectivity index (χ2n) is 3.80. The van der Waals surface area contributed by atoms with Crippen LogP contribution >= 0.6 is 31.9 Å². The highest BCUT2D eigenvalue weighted by Gasteiger charge is 2.32. The number of ether oxygens (including phenoxy) is 1. The average molecular weight is 364 g/mol. The van der Waals surface area contributed by atoms with Crippen molar-refractivity contribution in [3.63, 3.8) is 0 Å². The van der Waals surface area contributed by atoms with Gasteiger partial charge in [0, 0.05) is 6.07 Å². The molecule has 7 heteroatoms. The van der Waals surface area contributed by atoms with Crippen LogP contribution in [0.25, 0.3) is 0 Å². The number of nitrogens with zero attached hydrogens (tertiary/aromatic N) is 2. The van der Waals surface area contributed by atoms with Crippen LogP contribution in [0.4, 0.5) is 0 Å². The minimum atomic E-state index is -0.0550. The maximum Gasteiger partial charge on any atom is 0.166 e. The topological polar surface area (TPSA) is 61.3 Å². The first-order valence-electron chi connectivity index (χ1n) is 5.11. The first-order chi connectivity index (χ1) is 8.24. The van der Waals surface area contributed by atoms with Gasteiger partial charge in [-0.1, -0.05) is 10.3 Å². The summed E-state index contributed by atoms with van der Waals surface area (Å²) in [5.74, 6) is 0.743. The summed E-state index contributed by atoms with van der Waals surface area (Å²) in [6.07, 6.45) is 3.34. The lowest BCUT2D eigenvalue weighted by Crippen LogP contribution is -1.98. The van der Waals surface area contributed by atoms with Gasteiger partial charge in [-0.15, -0.1) is 0 Å². The summed E-state index contributed by atoms with van der Waals surface area (Å²) < 4.78 is 17.3. The van der Waals surface area contributed by atoms with E-state index in [4.69, 9.17) is 13.8 Å². The highest BCUT2D eigenvalue weighted by molar-refractivity contribution is 9.10. The largest absolute Gasteiger partial charge is 0.363 e. The van der Waals surface area contributed by atoms with Crippen molar-refractivity contribution >= 4 is 31.9 Å². The molecule has 0 radical (unpaired) electrons. The molecule has 3 rings (SSSR count). The van der Waals surface area contributed by atoms with Gasteiger partial charge in [0.15, 0.2) is 10.4 Å². The van der Waals surface area contributed by atoms with Crippen molar-refractivity contribution in [2.75, 3.05) is 0 Å². The summed E-state index contributed by atoms with van der Waals surface area (Å²) >= 11 is 6.58. The minimum Gasteiger partial charge on any atom is -0.363 e. The molecule has 0 unspecified atom stereocenters. The van der Waals surface area contributed by atoms with Gasteiger partial charge in [0.05, 0.1) is 11.7 Å². The molecular formula is C10H8Br2N2O3. The predicted octanol–water partition coefficient (Wildman–Crippen LogP) is 3.78. The number of halogens is 2. The zero-order valence-corrected chi connectivity index (χ0v) is 11.8. The van der Waals surface area contributed by atoms with Gasteiger partial charge in [0.25, 0.3) is 0 Å². The SMILES string of the molecule is Brc1cc([C@H]2CC[C@@H](c3conc3Br)O2)on1. The zero-order valence-electron chi connectivity index (χ0n) is 8.60. The second-order valence-corrected chi connectivity index (χ2v) is 5.37. The van der Waals surface area contributed by atoms with Crippen LogP contribution < -0.4 is 0 Å².